The predicted octanol–water partition coefficient (Wildman–Crippen LogP) is 0.921. The average Bonchev–Trinajstić information content (AvgIpc) is 3.39. The Morgan fingerprint density at radius 1 is 1.27 bits per heavy atom. The molecular formula is C17H15N5O4. The summed E-state index contributed by atoms with van der Waals surface area (Å²) in [5, 5.41) is 8.81. The number of H-pyrrole nitrogens is 1. The lowest BCUT2D eigenvalue weighted by Crippen LogP contribution is -2.46. The van der Waals surface area contributed by atoms with Gasteiger partial charge in [-0.25, -0.2) is 19.2 Å². The van der Waals surface area contributed by atoms with Gasteiger partial charge in [0.25, 0.3) is 0 Å². The molecule has 3 aromatic rings. The fourth-order valence-corrected chi connectivity index (χ4v) is 3.85. The first-order valence-electron chi connectivity index (χ1n) is 8.24. The van der Waals surface area contributed by atoms with Crippen LogP contribution in [0.1, 0.15) is 17.9 Å². The molecule has 132 valence electrons. The molecule has 0 amide bonds. The topological polar surface area (TPSA) is 102 Å². The van der Waals surface area contributed by atoms with Crippen LogP contribution in [0.5, 0.6) is 0 Å². The molecule has 4 heterocycles. The van der Waals surface area contributed by atoms with Crippen LogP contribution in [0.4, 0.5) is 0 Å². The lowest BCUT2D eigenvalue weighted by molar-refractivity contribution is -0.236. The SMILES string of the molecule is CN1CCC(c2c[nH]c3ccc(-n4ccnn4)cc23)C12OC(=O)C(=O)O2. The number of benzene rings is 1. The zero-order chi connectivity index (χ0) is 17.9. The lowest BCUT2D eigenvalue weighted by Gasteiger charge is -2.32. The molecule has 9 heteroatoms. The van der Waals surface area contributed by atoms with E-state index in [1.54, 1.807) is 29.0 Å². The van der Waals surface area contributed by atoms with Gasteiger partial charge in [-0.3, -0.25) is 0 Å². The van der Waals surface area contributed by atoms with E-state index in [0.717, 1.165) is 22.2 Å². The Kier molecular flexibility index (Phi) is 2.99. The Morgan fingerprint density at radius 2 is 2.08 bits per heavy atom. The molecule has 0 saturated carbocycles. The Labute approximate surface area is 147 Å². The molecule has 26 heavy (non-hydrogen) atoms. The molecule has 0 bridgehead atoms. The number of hydrogen-bond acceptors (Lipinski definition) is 7. The minimum atomic E-state index is -1.38. The van der Waals surface area contributed by atoms with Crippen LogP contribution in [-0.2, 0) is 19.1 Å². The van der Waals surface area contributed by atoms with Gasteiger partial charge < -0.3 is 14.5 Å². The van der Waals surface area contributed by atoms with E-state index < -0.39 is 17.8 Å². The fraction of sp³-hybridized carbons (Fsp3) is 0.294. The van der Waals surface area contributed by atoms with Gasteiger partial charge in [-0.1, -0.05) is 5.21 Å². The van der Waals surface area contributed by atoms with Gasteiger partial charge in [0.05, 0.1) is 24.0 Å². The average molecular weight is 353 g/mol. The van der Waals surface area contributed by atoms with Gasteiger partial charge in [0, 0.05) is 23.6 Å². The number of carbonyl (C=O) groups is 2. The molecule has 2 saturated heterocycles. The molecule has 1 atom stereocenters. The van der Waals surface area contributed by atoms with E-state index in [1.165, 1.54) is 0 Å². The number of hydrogen-bond donors (Lipinski definition) is 1. The maximum absolute atomic E-state index is 11.7. The van der Waals surface area contributed by atoms with E-state index >= 15 is 0 Å². The van der Waals surface area contributed by atoms with Crippen LogP contribution in [0.25, 0.3) is 16.6 Å². The van der Waals surface area contributed by atoms with Crippen molar-refractivity contribution in [2.45, 2.75) is 18.2 Å². The van der Waals surface area contributed by atoms with Crippen LogP contribution in [-0.4, -0.2) is 56.3 Å². The molecule has 1 unspecified atom stereocenters. The molecular weight excluding hydrogens is 338 g/mol. The number of likely N-dealkylation sites (tertiary alicyclic amines) is 1. The summed E-state index contributed by atoms with van der Waals surface area (Å²) in [5.41, 5.74) is 2.72. The molecule has 2 aliphatic heterocycles. The van der Waals surface area contributed by atoms with E-state index in [2.05, 4.69) is 15.3 Å². The summed E-state index contributed by atoms with van der Waals surface area (Å²) in [4.78, 5) is 28.4. The van der Waals surface area contributed by atoms with Gasteiger partial charge in [0.2, 0.25) is 0 Å². The second-order valence-corrected chi connectivity index (χ2v) is 6.49. The van der Waals surface area contributed by atoms with Gasteiger partial charge >= 0.3 is 17.8 Å². The normalized spacial score (nSPS) is 22.3. The van der Waals surface area contributed by atoms with Crippen molar-refractivity contribution in [2.24, 2.45) is 0 Å². The van der Waals surface area contributed by atoms with E-state index in [9.17, 15) is 9.59 Å². The number of ether oxygens (including phenoxy) is 2. The van der Waals surface area contributed by atoms with Gasteiger partial charge in [0.15, 0.2) is 0 Å². The summed E-state index contributed by atoms with van der Waals surface area (Å²) >= 11 is 0. The maximum atomic E-state index is 11.7. The number of carbonyl (C=O) groups excluding carboxylic acids is 2. The highest BCUT2D eigenvalue weighted by molar-refractivity contribution is 6.31. The van der Waals surface area contributed by atoms with Crippen molar-refractivity contribution >= 4 is 22.8 Å². The van der Waals surface area contributed by atoms with Crippen molar-refractivity contribution in [3.63, 3.8) is 0 Å². The quantitative estimate of drug-likeness (QED) is 0.540. The van der Waals surface area contributed by atoms with Gasteiger partial charge in [0.1, 0.15) is 0 Å². The Balaban J connectivity index is 1.63. The van der Waals surface area contributed by atoms with Crippen molar-refractivity contribution < 1.29 is 19.1 Å². The van der Waals surface area contributed by atoms with Crippen LogP contribution < -0.4 is 0 Å². The second-order valence-electron chi connectivity index (χ2n) is 6.49. The smallest absolute Gasteiger partial charge is 0.399 e. The summed E-state index contributed by atoms with van der Waals surface area (Å²) in [6.07, 6.45) is 5.94. The maximum Gasteiger partial charge on any atom is 0.421 e. The Morgan fingerprint density at radius 3 is 2.81 bits per heavy atom. The van der Waals surface area contributed by atoms with Crippen LogP contribution >= 0.6 is 0 Å². The number of aromatic nitrogens is 4. The molecule has 1 aromatic carbocycles. The van der Waals surface area contributed by atoms with E-state index in [4.69, 9.17) is 9.47 Å². The molecule has 2 fully saturated rings. The molecule has 0 radical (unpaired) electrons. The van der Waals surface area contributed by atoms with Gasteiger partial charge in [-0.15, -0.1) is 5.10 Å². The zero-order valence-corrected chi connectivity index (χ0v) is 13.9. The van der Waals surface area contributed by atoms with Crippen LogP contribution in [0.15, 0.2) is 36.8 Å². The molecule has 0 aliphatic carbocycles. The summed E-state index contributed by atoms with van der Waals surface area (Å²) < 4.78 is 12.5. The highest BCUT2D eigenvalue weighted by Gasteiger charge is 2.61. The Hall–Kier alpha value is -3.20. The summed E-state index contributed by atoms with van der Waals surface area (Å²) in [6, 6.07) is 5.87. The van der Waals surface area contributed by atoms with Gasteiger partial charge in [-0.05, 0) is 37.2 Å². The van der Waals surface area contributed by atoms with Crippen LogP contribution in [0, 0.1) is 0 Å². The minimum Gasteiger partial charge on any atom is -0.399 e. The van der Waals surface area contributed by atoms with Crippen molar-refractivity contribution in [1.29, 1.82) is 0 Å². The first-order valence-corrected chi connectivity index (χ1v) is 8.24. The standard InChI is InChI=1S/C17H15N5O4/c1-21-6-4-13(17(21)25-15(23)16(24)26-17)12-9-18-14-3-2-10(8-11(12)14)22-7-5-19-20-22/h2-3,5,7-9,13,18H,4,6H2,1H3. The number of likely N-dealkylation sites (N-methyl/N-ethyl adjacent to an activating group) is 1. The summed E-state index contributed by atoms with van der Waals surface area (Å²) in [5.74, 6) is -3.58. The van der Waals surface area contributed by atoms with E-state index in [1.807, 2.05) is 24.4 Å². The third kappa shape index (κ3) is 1.94. The zero-order valence-electron chi connectivity index (χ0n) is 13.9. The first kappa shape index (κ1) is 15.1. The van der Waals surface area contributed by atoms with E-state index in [-0.39, 0.29) is 5.92 Å². The minimum absolute atomic E-state index is 0.289. The largest absolute Gasteiger partial charge is 0.421 e. The molecule has 9 nitrogen and oxygen atoms in total. The van der Waals surface area contributed by atoms with Crippen molar-refractivity contribution in [1.82, 2.24) is 24.9 Å². The third-order valence-corrected chi connectivity index (χ3v) is 5.13. The summed E-state index contributed by atoms with van der Waals surface area (Å²) in [7, 11) is 1.78. The number of nitrogens with one attached hydrogen (secondary N) is 1. The molecule has 2 aliphatic rings. The van der Waals surface area contributed by atoms with Gasteiger partial charge in [-0.2, -0.15) is 0 Å². The third-order valence-electron chi connectivity index (χ3n) is 5.13. The highest BCUT2D eigenvalue weighted by Crippen LogP contribution is 2.47. The molecule has 1 spiro atoms. The van der Waals surface area contributed by atoms with Crippen molar-refractivity contribution in [3.05, 3.63) is 42.4 Å². The number of esters is 2. The van der Waals surface area contributed by atoms with Crippen molar-refractivity contribution in [2.75, 3.05) is 13.6 Å². The Bertz CT molecular complexity index is 1010. The fourth-order valence-electron chi connectivity index (χ4n) is 3.85. The summed E-state index contributed by atoms with van der Waals surface area (Å²) in [6.45, 7) is 0.640. The highest BCUT2D eigenvalue weighted by atomic mass is 16.8. The lowest BCUT2D eigenvalue weighted by atomic mass is 9.94. The number of rotatable bonds is 2. The molecule has 5 rings (SSSR count). The molecule has 2 aromatic heterocycles. The predicted molar refractivity (Wildman–Crippen MR) is 88.1 cm³/mol. The van der Waals surface area contributed by atoms with Crippen LogP contribution in [0.3, 0.4) is 0 Å². The number of aromatic amines is 1. The molecule has 1 N–H and O–H groups in total. The number of nitrogens with zero attached hydrogens (tertiary/aromatic N) is 4. The second kappa shape index (κ2) is 5.15. The van der Waals surface area contributed by atoms with Crippen molar-refractivity contribution in [3.8, 4) is 5.69 Å². The number of fused-ring (bicyclic) bond motifs is 1. The van der Waals surface area contributed by atoms with Crippen LogP contribution in [0.2, 0.25) is 0 Å². The first-order chi connectivity index (χ1) is 12.6. The van der Waals surface area contributed by atoms with E-state index in [0.29, 0.717) is 13.0 Å². The monoisotopic (exact) mass is 353 g/mol.